The number of hydrogen-bond acceptors (Lipinski definition) is 9. The van der Waals surface area contributed by atoms with Crippen molar-refractivity contribution in [3.8, 4) is 17.1 Å². The van der Waals surface area contributed by atoms with E-state index in [1.165, 1.54) is 43.9 Å². The van der Waals surface area contributed by atoms with Gasteiger partial charge in [0.1, 0.15) is 11.9 Å². The number of anilines is 2. The standard InChI is InChI=1S/C23H25ClFN5O5/c1-34-20-11-28-21(16-9-14(24)3-4-18(16)25)30-22(20)29-19-5-7-26-10-17(19)23(33)27-6-2-8-35-13-15(32)12-31/h3-5,7,9-11,15,31-32H,2,6,8,12-13H2,1H3,(H,27,33)(H,26,28,29,30). The Morgan fingerprint density at radius 1 is 1.29 bits per heavy atom. The molecule has 1 amide bonds. The molecule has 0 spiro atoms. The van der Waals surface area contributed by atoms with E-state index in [-0.39, 0.29) is 47.6 Å². The van der Waals surface area contributed by atoms with Crippen molar-refractivity contribution in [2.24, 2.45) is 0 Å². The molecular formula is C23H25ClFN5O5. The number of methoxy groups -OCH3 is 1. The number of ether oxygens (including phenoxy) is 2. The number of hydrogen-bond donors (Lipinski definition) is 4. The predicted molar refractivity (Wildman–Crippen MR) is 127 cm³/mol. The van der Waals surface area contributed by atoms with Gasteiger partial charge < -0.3 is 30.3 Å². The van der Waals surface area contributed by atoms with Crippen LogP contribution in [0.15, 0.2) is 42.9 Å². The summed E-state index contributed by atoms with van der Waals surface area (Å²) in [5.41, 5.74) is 0.763. The molecule has 0 bridgehead atoms. The Bertz CT molecular complexity index is 1150. The third kappa shape index (κ3) is 7.30. The van der Waals surface area contributed by atoms with Gasteiger partial charge in [0.2, 0.25) is 0 Å². The summed E-state index contributed by atoms with van der Waals surface area (Å²) < 4.78 is 24.9. The summed E-state index contributed by atoms with van der Waals surface area (Å²) in [6, 6.07) is 5.66. The van der Waals surface area contributed by atoms with Crippen LogP contribution in [0.2, 0.25) is 5.02 Å². The minimum absolute atomic E-state index is 0.0168. The molecule has 0 aliphatic heterocycles. The number of aliphatic hydroxyl groups is 2. The van der Waals surface area contributed by atoms with Crippen molar-refractivity contribution in [3.63, 3.8) is 0 Å². The van der Waals surface area contributed by atoms with E-state index in [1.807, 2.05) is 0 Å². The lowest BCUT2D eigenvalue weighted by Crippen LogP contribution is -2.27. The molecule has 12 heteroatoms. The summed E-state index contributed by atoms with van der Waals surface area (Å²) in [6.07, 6.45) is 3.87. The quantitative estimate of drug-likeness (QED) is 0.273. The molecule has 0 aliphatic carbocycles. The number of pyridine rings is 1. The predicted octanol–water partition coefficient (Wildman–Crippen LogP) is 2.57. The van der Waals surface area contributed by atoms with E-state index in [2.05, 4.69) is 25.6 Å². The SMILES string of the molecule is COc1cnc(-c2cc(Cl)ccc2F)nc1Nc1ccncc1C(=O)NCCCOCC(O)CO. The number of aromatic nitrogens is 3. The zero-order chi connectivity index (χ0) is 25.2. The number of nitrogens with one attached hydrogen (secondary N) is 2. The molecule has 2 heterocycles. The van der Waals surface area contributed by atoms with Crippen LogP contribution < -0.4 is 15.4 Å². The van der Waals surface area contributed by atoms with Crippen LogP contribution in [0, 0.1) is 5.82 Å². The van der Waals surface area contributed by atoms with Gasteiger partial charge in [0.25, 0.3) is 5.91 Å². The Labute approximate surface area is 206 Å². The van der Waals surface area contributed by atoms with Crippen LogP contribution in [0.1, 0.15) is 16.8 Å². The Balaban J connectivity index is 1.73. The summed E-state index contributed by atoms with van der Waals surface area (Å²) in [7, 11) is 1.44. The highest BCUT2D eigenvalue weighted by Crippen LogP contribution is 2.30. The van der Waals surface area contributed by atoms with Gasteiger partial charge in [0.15, 0.2) is 17.4 Å². The van der Waals surface area contributed by atoms with Gasteiger partial charge in [-0.15, -0.1) is 0 Å². The molecule has 0 saturated carbocycles. The maximum absolute atomic E-state index is 14.3. The van der Waals surface area contributed by atoms with E-state index in [0.29, 0.717) is 30.3 Å². The van der Waals surface area contributed by atoms with E-state index in [1.54, 1.807) is 6.07 Å². The lowest BCUT2D eigenvalue weighted by atomic mass is 10.2. The van der Waals surface area contributed by atoms with Gasteiger partial charge in [-0.1, -0.05) is 11.6 Å². The molecule has 0 aliphatic rings. The average Bonchev–Trinajstić information content (AvgIpc) is 2.87. The van der Waals surface area contributed by atoms with Crippen molar-refractivity contribution >= 4 is 29.0 Å². The Kier molecular flexibility index (Phi) is 9.67. The zero-order valence-electron chi connectivity index (χ0n) is 18.9. The van der Waals surface area contributed by atoms with Gasteiger partial charge in [-0.05, 0) is 30.7 Å². The Morgan fingerprint density at radius 3 is 2.89 bits per heavy atom. The lowest BCUT2D eigenvalue weighted by Gasteiger charge is -2.14. The molecular weight excluding hydrogens is 481 g/mol. The minimum atomic E-state index is -0.928. The number of amides is 1. The van der Waals surface area contributed by atoms with Crippen LogP contribution in [0.25, 0.3) is 11.4 Å². The van der Waals surface area contributed by atoms with Gasteiger partial charge in [-0.25, -0.2) is 14.4 Å². The zero-order valence-corrected chi connectivity index (χ0v) is 19.6. The Hall–Kier alpha value is -3.38. The molecule has 35 heavy (non-hydrogen) atoms. The highest BCUT2D eigenvalue weighted by Gasteiger charge is 2.17. The second-order valence-electron chi connectivity index (χ2n) is 7.30. The highest BCUT2D eigenvalue weighted by atomic mass is 35.5. The average molecular weight is 506 g/mol. The minimum Gasteiger partial charge on any atom is -0.491 e. The van der Waals surface area contributed by atoms with E-state index in [0.717, 1.165) is 0 Å². The summed E-state index contributed by atoms with van der Waals surface area (Å²) in [4.78, 5) is 25.3. The first-order valence-corrected chi connectivity index (χ1v) is 11.0. The van der Waals surface area contributed by atoms with Crippen molar-refractivity contribution in [2.75, 3.05) is 38.8 Å². The second-order valence-corrected chi connectivity index (χ2v) is 7.74. The van der Waals surface area contributed by atoms with E-state index >= 15 is 0 Å². The van der Waals surface area contributed by atoms with Crippen molar-refractivity contribution in [3.05, 3.63) is 59.3 Å². The molecule has 0 fully saturated rings. The molecule has 0 radical (unpaired) electrons. The second kappa shape index (κ2) is 12.9. The molecule has 4 N–H and O–H groups in total. The molecule has 10 nitrogen and oxygen atoms in total. The normalized spacial score (nSPS) is 11.7. The number of carbonyl (C=O) groups excluding carboxylic acids is 1. The Morgan fingerprint density at radius 2 is 2.11 bits per heavy atom. The molecule has 3 aromatic rings. The van der Waals surface area contributed by atoms with Gasteiger partial charge in [0, 0.05) is 30.6 Å². The van der Waals surface area contributed by atoms with Crippen LogP contribution in [0.4, 0.5) is 15.9 Å². The monoisotopic (exact) mass is 505 g/mol. The first-order valence-electron chi connectivity index (χ1n) is 10.6. The number of benzene rings is 1. The van der Waals surface area contributed by atoms with Crippen molar-refractivity contribution in [2.45, 2.75) is 12.5 Å². The molecule has 1 atom stereocenters. The third-order valence-electron chi connectivity index (χ3n) is 4.74. The number of nitrogens with zero attached hydrogens (tertiary/aromatic N) is 3. The summed E-state index contributed by atoms with van der Waals surface area (Å²) in [6.45, 7) is 0.261. The van der Waals surface area contributed by atoms with Crippen LogP contribution in [-0.4, -0.2) is 70.7 Å². The fourth-order valence-electron chi connectivity index (χ4n) is 2.96. The molecule has 3 rings (SSSR count). The molecule has 0 saturated heterocycles. The molecule has 1 unspecified atom stereocenters. The van der Waals surface area contributed by atoms with E-state index in [9.17, 15) is 14.3 Å². The van der Waals surface area contributed by atoms with Crippen LogP contribution >= 0.6 is 11.6 Å². The fourth-order valence-corrected chi connectivity index (χ4v) is 3.14. The number of rotatable bonds is 12. The van der Waals surface area contributed by atoms with Gasteiger partial charge in [0.05, 0.1) is 43.3 Å². The fraction of sp³-hybridized carbons (Fsp3) is 0.304. The lowest BCUT2D eigenvalue weighted by molar-refractivity contribution is 0.00580. The van der Waals surface area contributed by atoms with Gasteiger partial charge in [-0.2, -0.15) is 0 Å². The summed E-state index contributed by atoms with van der Waals surface area (Å²) >= 11 is 6.00. The highest BCUT2D eigenvalue weighted by molar-refractivity contribution is 6.30. The number of halogens is 2. The summed E-state index contributed by atoms with van der Waals surface area (Å²) in [5, 5.41) is 24.1. The summed E-state index contributed by atoms with van der Waals surface area (Å²) in [5.74, 6) is -0.344. The van der Waals surface area contributed by atoms with Crippen LogP contribution in [0.5, 0.6) is 5.75 Å². The first kappa shape index (κ1) is 26.2. The molecule has 1 aromatic carbocycles. The van der Waals surface area contributed by atoms with E-state index in [4.69, 9.17) is 26.2 Å². The largest absolute Gasteiger partial charge is 0.491 e. The van der Waals surface area contributed by atoms with Crippen molar-refractivity contribution < 1.29 is 28.9 Å². The smallest absolute Gasteiger partial charge is 0.254 e. The van der Waals surface area contributed by atoms with Crippen molar-refractivity contribution in [1.29, 1.82) is 0 Å². The van der Waals surface area contributed by atoms with Gasteiger partial charge >= 0.3 is 0 Å². The number of carbonyl (C=O) groups is 1. The van der Waals surface area contributed by atoms with Crippen LogP contribution in [0.3, 0.4) is 0 Å². The first-order chi connectivity index (χ1) is 16.9. The van der Waals surface area contributed by atoms with E-state index < -0.39 is 11.9 Å². The topological polar surface area (TPSA) is 139 Å². The molecule has 2 aromatic heterocycles. The maximum Gasteiger partial charge on any atom is 0.254 e. The maximum atomic E-state index is 14.3. The van der Waals surface area contributed by atoms with Crippen molar-refractivity contribution in [1.82, 2.24) is 20.3 Å². The van der Waals surface area contributed by atoms with Gasteiger partial charge in [-0.3, -0.25) is 9.78 Å². The third-order valence-corrected chi connectivity index (χ3v) is 4.97. The van der Waals surface area contributed by atoms with Crippen LogP contribution in [-0.2, 0) is 4.74 Å². The number of aliphatic hydroxyl groups excluding tert-OH is 2. The molecule has 186 valence electrons.